The smallest absolute Gasteiger partial charge is 0.309 e. The first-order chi connectivity index (χ1) is 11.2. The second kappa shape index (κ2) is 7.02. The number of carbonyl (C=O) groups is 1. The topological polar surface area (TPSA) is 35.5 Å². The van der Waals surface area contributed by atoms with Crippen molar-refractivity contribution in [2.75, 3.05) is 7.11 Å². The molecule has 0 radical (unpaired) electrons. The number of hydrogen-bond acceptors (Lipinski definition) is 4. The zero-order valence-corrected chi connectivity index (χ0v) is 14.1. The molecule has 0 aliphatic rings. The molecule has 3 rings (SSSR count). The number of esters is 1. The number of rotatable bonds is 5. The molecule has 0 amide bonds. The first kappa shape index (κ1) is 15.8. The summed E-state index contributed by atoms with van der Waals surface area (Å²) < 4.78 is 11.6. The first-order valence-corrected chi connectivity index (χ1v) is 8.31. The Morgan fingerprint density at radius 3 is 2.57 bits per heavy atom. The fourth-order valence-corrected chi connectivity index (χ4v) is 3.65. The SMILES string of the molecule is COC(=O)Cc1ccc(OCc2sc3ccccc3c2Cl)cc1. The quantitative estimate of drug-likeness (QED) is 0.619. The van der Waals surface area contributed by atoms with Gasteiger partial charge in [-0.15, -0.1) is 11.3 Å². The molecule has 23 heavy (non-hydrogen) atoms. The number of thiophene rings is 1. The highest BCUT2D eigenvalue weighted by Crippen LogP contribution is 2.35. The van der Waals surface area contributed by atoms with Gasteiger partial charge in [0.15, 0.2) is 0 Å². The Morgan fingerprint density at radius 1 is 1.13 bits per heavy atom. The van der Waals surface area contributed by atoms with E-state index in [4.69, 9.17) is 16.3 Å². The number of carbonyl (C=O) groups excluding carboxylic acids is 1. The number of benzene rings is 2. The molecular formula is C18H15ClO3S. The number of methoxy groups -OCH3 is 1. The molecule has 3 nitrogen and oxygen atoms in total. The van der Waals surface area contributed by atoms with Crippen molar-refractivity contribution in [1.82, 2.24) is 0 Å². The summed E-state index contributed by atoms with van der Waals surface area (Å²) in [4.78, 5) is 12.2. The summed E-state index contributed by atoms with van der Waals surface area (Å²) in [6.07, 6.45) is 0.263. The summed E-state index contributed by atoms with van der Waals surface area (Å²) in [6, 6.07) is 15.5. The number of halogens is 1. The maximum absolute atomic E-state index is 11.2. The highest BCUT2D eigenvalue weighted by molar-refractivity contribution is 7.19. The van der Waals surface area contributed by atoms with Gasteiger partial charge in [-0.1, -0.05) is 41.9 Å². The first-order valence-electron chi connectivity index (χ1n) is 7.12. The van der Waals surface area contributed by atoms with Crippen molar-refractivity contribution < 1.29 is 14.3 Å². The van der Waals surface area contributed by atoms with Crippen molar-refractivity contribution >= 4 is 39.0 Å². The Bertz CT molecular complexity index is 824. The van der Waals surface area contributed by atoms with Gasteiger partial charge in [0.2, 0.25) is 0 Å². The number of fused-ring (bicyclic) bond motifs is 1. The molecule has 0 bridgehead atoms. The molecule has 0 fully saturated rings. The molecule has 1 heterocycles. The van der Waals surface area contributed by atoms with Gasteiger partial charge < -0.3 is 9.47 Å². The largest absolute Gasteiger partial charge is 0.488 e. The Labute approximate surface area is 143 Å². The Balaban J connectivity index is 1.67. The molecule has 5 heteroatoms. The maximum Gasteiger partial charge on any atom is 0.309 e. The van der Waals surface area contributed by atoms with Crippen LogP contribution in [0.1, 0.15) is 10.4 Å². The average molecular weight is 347 g/mol. The second-order valence-corrected chi connectivity index (χ2v) is 6.54. The minimum Gasteiger partial charge on any atom is -0.488 e. The van der Waals surface area contributed by atoms with E-state index in [2.05, 4.69) is 10.8 Å². The van der Waals surface area contributed by atoms with Gasteiger partial charge in [0.25, 0.3) is 0 Å². The van der Waals surface area contributed by atoms with E-state index in [1.54, 1.807) is 11.3 Å². The van der Waals surface area contributed by atoms with Gasteiger partial charge in [0.05, 0.1) is 23.4 Å². The number of ether oxygens (including phenoxy) is 2. The predicted molar refractivity (Wildman–Crippen MR) is 93.3 cm³/mol. The van der Waals surface area contributed by atoms with Crippen LogP contribution >= 0.6 is 22.9 Å². The van der Waals surface area contributed by atoms with Crippen LogP contribution in [0.3, 0.4) is 0 Å². The molecule has 3 aromatic rings. The molecule has 0 N–H and O–H groups in total. The van der Waals surface area contributed by atoms with Crippen molar-refractivity contribution in [2.45, 2.75) is 13.0 Å². The highest BCUT2D eigenvalue weighted by atomic mass is 35.5. The summed E-state index contributed by atoms with van der Waals surface area (Å²) in [5.74, 6) is 0.489. The zero-order chi connectivity index (χ0) is 16.2. The Morgan fingerprint density at radius 2 is 1.87 bits per heavy atom. The van der Waals surface area contributed by atoms with Gasteiger partial charge in [-0.25, -0.2) is 0 Å². The number of hydrogen-bond donors (Lipinski definition) is 0. The molecule has 1 aromatic heterocycles. The van der Waals surface area contributed by atoms with Crippen LogP contribution in [0.4, 0.5) is 0 Å². The molecule has 118 valence electrons. The average Bonchev–Trinajstić information content (AvgIpc) is 2.90. The van der Waals surface area contributed by atoms with Crippen molar-refractivity contribution in [1.29, 1.82) is 0 Å². The lowest BCUT2D eigenvalue weighted by atomic mass is 10.1. The van der Waals surface area contributed by atoms with Crippen LogP contribution in [-0.4, -0.2) is 13.1 Å². The molecule has 0 aliphatic carbocycles. The van der Waals surface area contributed by atoms with Gasteiger partial charge in [0, 0.05) is 10.1 Å². The molecule has 0 atom stereocenters. The van der Waals surface area contributed by atoms with Gasteiger partial charge in [-0.2, -0.15) is 0 Å². The summed E-state index contributed by atoms with van der Waals surface area (Å²) in [5, 5.41) is 1.82. The van der Waals surface area contributed by atoms with Crippen molar-refractivity contribution in [2.24, 2.45) is 0 Å². The summed E-state index contributed by atoms with van der Waals surface area (Å²) in [6.45, 7) is 0.425. The molecule has 0 unspecified atom stereocenters. The molecular weight excluding hydrogens is 332 g/mol. The van der Waals surface area contributed by atoms with Gasteiger partial charge in [0.1, 0.15) is 12.4 Å². The molecule has 0 saturated carbocycles. The fraction of sp³-hybridized carbons (Fsp3) is 0.167. The van der Waals surface area contributed by atoms with E-state index in [0.29, 0.717) is 6.61 Å². The highest BCUT2D eigenvalue weighted by Gasteiger charge is 2.10. The van der Waals surface area contributed by atoms with Crippen LogP contribution in [0.2, 0.25) is 5.02 Å². The monoisotopic (exact) mass is 346 g/mol. The molecule has 0 spiro atoms. The van der Waals surface area contributed by atoms with E-state index >= 15 is 0 Å². The summed E-state index contributed by atoms with van der Waals surface area (Å²) in [5.41, 5.74) is 0.893. The lowest BCUT2D eigenvalue weighted by Gasteiger charge is -2.06. The normalized spacial score (nSPS) is 10.7. The standard InChI is InChI=1S/C18H15ClO3S/c1-21-17(20)10-12-6-8-13(9-7-12)22-11-16-18(19)14-4-2-3-5-15(14)23-16/h2-9H,10-11H2,1H3. The van der Waals surface area contributed by atoms with Crippen LogP contribution in [0.15, 0.2) is 48.5 Å². The van der Waals surface area contributed by atoms with Crippen LogP contribution in [0.25, 0.3) is 10.1 Å². The lowest BCUT2D eigenvalue weighted by Crippen LogP contribution is -2.04. The summed E-state index contributed by atoms with van der Waals surface area (Å²) >= 11 is 8.04. The van der Waals surface area contributed by atoms with E-state index in [1.807, 2.05) is 42.5 Å². The lowest BCUT2D eigenvalue weighted by molar-refractivity contribution is -0.139. The van der Waals surface area contributed by atoms with Crippen LogP contribution in [0.5, 0.6) is 5.75 Å². The Kier molecular flexibility index (Phi) is 4.84. The third kappa shape index (κ3) is 3.66. The van der Waals surface area contributed by atoms with E-state index in [-0.39, 0.29) is 12.4 Å². The van der Waals surface area contributed by atoms with Gasteiger partial charge in [-0.3, -0.25) is 4.79 Å². The minimum absolute atomic E-state index is 0.254. The van der Waals surface area contributed by atoms with E-state index < -0.39 is 0 Å². The minimum atomic E-state index is -0.254. The van der Waals surface area contributed by atoms with E-state index in [9.17, 15) is 4.79 Å². The van der Waals surface area contributed by atoms with Crippen LogP contribution in [-0.2, 0) is 22.6 Å². The third-order valence-corrected chi connectivity index (χ3v) is 5.16. The molecule has 2 aromatic carbocycles. The van der Waals surface area contributed by atoms with E-state index in [1.165, 1.54) is 7.11 Å². The van der Waals surface area contributed by atoms with Crippen molar-refractivity contribution in [3.8, 4) is 5.75 Å². The summed E-state index contributed by atoms with van der Waals surface area (Å²) in [7, 11) is 1.38. The Hall–Kier alpha value is -2.04. The van der Waals surface area contributed by atoms with Crippen molar-refractivity contribution in [3.63, 3.8) is 0 Å². The molecule has 0 saturated heterocycles. The molecule has 0 aliphatic heterocycles. The van der Waals surface area contributed by atoms with E-state index in [0.717, 1.165) is 31.3 Å². The van der Waals surface area contributed by atoms with Gasteiger partial charge in [-0.05, 0) is 23.8 Å². The van der Waals surface area contributed by atoms with Crippen LogP contribution < -0.4 is 4.74 Å². The fourth-order valence-electron chi connectivity index (χ4n) is 2.25. The second-order valence-electron chi connectivity index (χ2n) is 5.02. The van der Waals surface area contributed by atoms with Gasteiger partial charge >= 0.3 is 5.97 Å². The third-order valence-electron chi connectivity index (χ3n) is 3.47. The maximum atomic E-state index is 11.2. The zero-order valence-electron chi connectivity index (χ0n) is 12.5. The van der Waals surface area contributed by atoms with Crippen LogP contribution in [0, 0.1) is 0 Å². The predicted octanol–water partition coefficient (Wildman–Crippen LogP) is 4.85. The van der Waals surface area contributed by atoms with Crippen molar-refractivity contribution in [3.05, 3.63) is 64.0 Å².